The van der Waals surface area contributed by atoms with Crippen LogP contribution in [0.25, 0.3) is 0 Å². The summed E-state index contributed by atoms with van der Waals surface area (Å²) in [6, 6.07) is 14.3. The van der Waals surface area contributed by atoms with Crippen molar-refractivity contribution in [1.82, 2.24) is 0 Å². The molecule has 2 aromatic rings. The molecule has 4 nitrogen and oxygen atoms in total. The molecule has 2 aromatic carbocycles. The monoisotopic (exact) mass is 324 g/mol. The van der Waals surface area contributed by atoms with Crippen molar-refractivity contribution in [2.45, 2.75) is 13.8 Å². The van der Waals surface area contributed by atoms with Crippen LogP contribution in [0.3, 0.4) is 0 Å². The van der Waals surface area contributed by atoms with Gasteiger partial charge in [-0.2, -0.15) is 0 Å². The molecule has 0 saturated carbocycles. The molecule has 4 heteroatoms. The number of hydrogen-bond donors (Lipinski definition) is 0. The highest BCUT2D eigenvalue weighted by molar-refractivity contribution is 6.49. The Bertz CT molecular complexity index is 699. The summed E-state index contributed by atoms with van der Waals surface area (Å²) in [7, 11) is 3.86. The smallest absolute Gasteiger partial charge is 0.233 e. The SMILES string of the molecule is CCN(CC)c1ccc(C(=O)C(=O)c2ccc(N(C)C)cc2)cc1. The van der Waals surface area contributed by atoms with E-state index in [1.807, 2.05) is 43.3 Å². The van der Waals surface area contributed by atoms with Crippen LogP contribution in [0, 0.1) is 0 Å². The number of ketones is 2. The lowest BCUT2D eigenvalue weighted by Gasteiger charge is -2.20. The minimum Gasteiger partial charge on any atom is -0.378 e. The van der Waals surface area contributed by atoms with Crippen LogP contribution in [0.15, 0.2) is 48.5 Å². The highest BCUT2D eigenvalue weighted by atomic mass is 16.2. The fourth-order valence-electron chi connectivity index (χ4n) is 2.59. The Balaban J connectivity index is 2.17. The molecule has 0 aromatic heterocycles. The van der Waals surface area contributed by atoms with E-state index in [2.05, 4.69) is 18.7 Å². The molecule has 24 heavy (non-hydrogen) atoms. The first-order valence-corrected chi connectivity index (χ1v) is 8.19. The first kappa shape index (κ1) is 17.7. The van der Waals surface area contributed by atoms with Gasteiger partial charge in [-0.25, -0.2) is 0 Å². The van der Waals surface area contributed by atoms with Crippen molar-refractivity contribution < 1.29 is 9.59 Å². The third kappa shape index (κ3) is 3.82. The Hall–Kier alpha value is -2.62. The number of Topliss-reactive ketones (excluding diaryl/α,β-unsaturated/α-hetero) is 2. The van der Waals surface area contributed by atoms with Gasteiger partial charge in [-0.15, -0.1) is 0 Å². The van der Waals surface area contributed by atoms with Crippen molar-refractivity contribution >= 4 is 22.9 Å². The van der Waals surface area contributed by atoms with Crippen LogP contribution < -0.4 is 9.80 Å². The van der Waals surface area contributed by atoms with Crippen LogP contribution in [0.1, 0.15) is 34.6 Å². The van der Waals surface area contributed by atoms with Crippen LogP contribution in [-0.4, -0.2) is 38.8 Å². The van der Waals surface area contributed by atoms with E-state index in [-0.39, 0.29) is 0 Å². The lowest BCUT2D eigenvalue weighted by molar-refractivity contribution is 0.0817. The maximum Gasteiger partial charge on any atom is 0.233 e. The van der Waals surface area contributed by atoms with Crippen molar-refractivity contribution in [3.8, 4) is 0 Å². The predicted molar refractivity (Wildman–Crippen MR) is 99.4 cm³/mol. The number of carbonyl (C=O) groups excluding carboxylic acids is 2. The van der Waals surface area contributed by atoms with Crippen LogP contribution in [0.4, 0.5) is 11.4 Å². The molecule has 0 amide bonds. The fraction of sp³-hybridized carbons (Fsp3) is 0.300. The summed E-state index contributed by atoms with van der Waals surface area (Å²) in [6.07, 6.45) is 0. The molecule has 2 rings (SSSR count). The average molecular weight is 324 g/mol. The van der Waals surface area contributed by atoms with Gasteiger partial charge in [-0.3, -0.25) is 9.59 Å². The molecule has 0 spiro atoms. The van der Waals surface area contributed by atoms with E-state index < -0.39 is 11.6 Å². The Labute approximate surface area is 143 Å². The third-order valence-corrected chi connectivity index (χ3v) is 4.11. The maximum absolute atomic E-state index is 12.4. The van der Waals surface area contributed by atoms with Gasteiger partial charge >= 0.3 is 0 Å². The first-order valence-electron chi connectivity index (χ1n) is 8.19. The molecule has 0 aliphatic carbocycles. The summed E-state index contributed by atoms with van der Waals surface area (Å²) in [5.41, 5.74) is 2.88. The van der Waals surface area contributed by atoms with Crippen LogP contribution in [-0.2, 0) is 0 Å². The van der Waals surface area contributed by atoms with Crippen molar-refractivity contribution in [2.75, 3.05) is 37.0 Å². The summed E-state index contributed by atoms with van der Waals surface area (Å²) in [6.45, 7) is 5.98. The molecule has 0 bridgehead atoms. The zero-order valence-electron chi connectivity index (χ0n) is 14.7. The Morgan fingerprint density at radius 2 is 1.08 bits per heavy atom. The van der Waals surface area contributed by atoms with Gasteiger partial charge in [-0.05, 0) is 62.4 Å². The van der Waals surface area contributed by atoms with E-state index in [4.69, 9.17) is 0 Å². The van der Waals surface area contributed by atoms with E-state index in [0.29, 0.717) is 11.1 Å². The molecule has 0 heterocycles. The zero-order valence-corrected chi connectivity index (χ0v) is 14.7. The fourth-order valence-corrected chi connectivity index (χ4v) is 2.59. The minimum atomic E-state index is -0.476. The molecule has 126 valence electrons. The maximum atomic E-state index is 12.4. The summed E-state index contributed by atoms with van der Waals surface area (Å²) in [5, 5.41) is 0. The number of rotatable bonds is 7. The topological polar surface area (TPSA) is 40.6 Å². The van der Waals surface area contributed by atoms with Gasteiger partial charge in [0.1, 0.15) is 0 Å². The number of anilines is 2. The van der Waals surface area contributed by atoms with Gasteiger partial charge in [-0.1, -0.05) is 0 Å². The Kier molecular flexibility index (Phi) is 5.74. The lowest BCUT2D eigenvalue weighted by atomic mass is 10.0. The second-order valence-corrected chi connectivity index (χ2v) is 5.82. The van der Waals surface area contributed by atoms with Crippen molar-refractivity contribution in [3.63, 3.8) is 0 Å². The van der Waals surface area contributed by atoms with E-state index in [1.165, 1.54) is 0 Å². The van der Waals surface area contributed by atoms with Gasteiger partial charge in [0.2, 0.25) is 11.6 Å². The van der Waals surface area contributed by atoms with Crippen molar-refractivity contribution in [2.24, 2.45) is 0 Å². The standard InChI is InChI=1S/C20H24N2O2/c1-5-22(6-2)18-13-9-16(10-14-18)20(24)19(23)15-7-11-17(12-8-15)21(3)4/h7-14H,5-6H2,1-4H3. The van der Waals surface area contributed by atoms with E-state index >= 15 is 0 Å². The van der Waals surface area contributed by atoms with Crippen LogP contribution >= 0.6 is 0 Å². The molecule has 0 N–H and O–H groups in total. The van der Waals surface area contributed by atoms with E-state index in [0.717, 1.165) is 24.5 Å². The Morgan fingerprint density at radius 3 is 1.42 bits per heavy atom. The quantitative estimate of drug-likeness (QED) is 0.575. The van der Waals surface area contributed by atoms with Gasteiger partial charge in [0.05, 0.1) is 0 Å². The summed E-state index contributed by atoms with van der Waals surface area (Å²) in [5.74, 6) is -0.949. The molecule has 0 saturated heterocycles. The van der Waals surface area contributed by atoms with Crippen molar-refractivity contribution in [3.05, 3.63) is 59.7 Å². The van der Waals surface area contributed by atoms with E-state index in [1.54, 1.807) is 24.3 Å². The molecular formula is C20H24N2O2. The van der Waals surface area contributed by atoms with Crippen molar-refractivity contribution in [1.29, 1.82) is 0 Å². The Morgan fingerprint density at radius 1 is 0.708 bits per heavy atom. The molecule has 0 fully saturated rings. The molecule has 0 radical (unpaired) electrons. The second-order valence-electron chi connectivity index (χ2n) is 5.82. The number of hydrogen-bond acceptors (Lipinski definition) is 4. The molecule has 0 unspecified atom stereocenters. The first-order chi connectivity index (χ1) is 11.5. The molecule has 0 aliphatic heterocycles. The van der Waals surface area contributed by atoms with Gasteiger partial charge in [0.25, 0.3) is 0 Å². The minimum absolute atomic E-state index is 0.415. The number of carbonyl (C=O) groups is 2. The number of benzene rings is 2. The molecule has 0 aliphatic rings. The summed E-state index contributed by atoms with van der Waals surface area (Å²) in [4.78, 5) is 28.9. The van der Waals surface area contributed by atoms with Gasteiger partial charge < -0.3 is 9.80 Å². The lowest BCUT2D eigenvalue weighted by Crippen LogP contribution is -2.22. The zero-order chi connectivity index (χ0) is 17.7. The third-order valence-electron chi connectivity index (χ3n) is 4.11. The van der Waals surface area contributed by atoms with E-state index in [9.17, 15) is 9.59 Å². The second kappa shape index (κ2) is 7.77. The van der Waals surface area contributed by atoms with Gasteiger partial charge in [0.15, 0.2) is 0 Å². The molecule has 0 atom stereocenters. The largest absolute Gasteiger partial charge is 0.378 e. The highest BCUT2D eigenvalue weighted by Crippen LogP contribution is 2.18. The number of nitrogens with zero attached hydrogens (tertiary/aromatic N) is 2. The van der Waals surface area contributed by atoms with Crippen LogP contribution in [0.5, 0.6) is 0 Å². The average Bonchev–Trinajstić information content (AvgIpc) is 2.62. The van der Waals surface area contributed by atoms with Gasteiger partial charge in [0, 0.05) is 49.7 Å². The predicted octanol–water partition coefficient (Wildman–Crippen LogP) is 3.66. The normalized spacial score (nSPS) is 10.3. The summed E-state index contributed by atoms with van der Waals surface area (Å²) < 4.78 is 0. The summed E-state index contributed by atoms with van der Waals surface area (Å²) >= 11 is 0. The molecular weight excluding hydrogens is 300 g/mol. The highest BCUT2D eigenvalue weighted by Gasteiger charge is 2.18. The van der Waals surface area contributed by atoms with Crippen LogP contribution in [0.2, 0.25) is 0 Å².